The number of fused-ring (bicyclic) bond motifs is 1. The molecule has 118 valence electrons. The zero-order valence-electron chi connectivity index (χ0n) is 12.2. The number of halogens is 2. The lowest BCUT2D eigenvalue weighted by Gasteiger charge is -2.37. The number of benzene rings is 1. The Hall–Kier alpha value is -1.65. The van der Waals surface area contributed by atoms with Gasteiger partial charge in [0, 0.05) is 10.6 Å². The van der Waals surface area contributed by atoms with Crippen LogP contribution in [0.2, 0.25) is 10.0 Å². The summed E-state index contributed by atoms with van der Waals surface area (Å²) in [6.45, 7) is 0. The summed E-state index contributed by atoms with van der Waals surface area (Å²) >= 11 is 11.9. The van der Waals surface area contributed by atoms with Crippen LogP contribution in [0.3, 0.4) is 0 Å². The highest BCUT2D eigenvalue weighted by molar-refractivity contribution is 6.36. The van der Waals surface area contributed by atoms with Gasteiger partial charge in [-0.25, -0.2) is 0 Å². The minimum Gasteiger partial charge on any atom is -0.272 e. The van der Waals surface area contributed by atoms with E-state index in [2.05, 4.69) is 17.3 Å². The number of hydrazone groups is 1. The van der Waals surface area contributed by atoms with Crippen LogP contribution in [0.15, 0.2) is 35.5 Å². The summed E-state index contributed by atoms with van der Waals surface area (Å²) in [7, 11) is 0. The van der Waals surface area contributed by atoms with Crippen molar-refractivity contribution >= 4 is 41.2 Å². The van der Waals surface area contributed by atoms with E-state index in [4.69, 9.17) is 23.2 Å². The van der Waals surface area contributed by atoms with E-state index in [0.717, 1.165) is 17.9 Å². The number of carbonyl (C=O) groups is 2. The third-order valence-corrected chi connectivity index (χ3v) is 5.57. The molecule has 1 saturated carbocycles. The number of imide groups is 1. The van der Waals surface area contributed by atoms with Crippen molar-refractivity contribution in [3.63, 3.8) is 0 Å². The first kappa shape index (κ1) is 14.9. The Morgan fingerprint density at radius 1 is 1.04 bits per heavy atom. The van der Waals surface area contributed by atoms with Crippen LogP contribution in [0.25, 0.3) is 0 Å². The summed E-state index contributed by atoms with van der Waals surface area (Å²) in [5, 5.41) is 6.10. The number of rotatable bonds is 2. The molecular weight excluding hydrogens is 335 g/mol. The third-order valence-electron chi connectivity index (χ3n) is 5.01. The molecule has 2 fully saturated rings. The van der Waals surface area contributed by atoms with Crippen molar-refractivity contribution in [2.45, 2.75) is 12.8 Å². The van der Waals surface area contributed by atoms with Gasteiger partial charge in [0.2, 0.25) is 0 Å². The lowest BCUT2D eigenvalue weighted by Crippen LogP contribution is -2.38. The zero-order valence-corrected chi connectivity index (χ0v) is 13.7. The minimum absolute atomic E-state index is 0.167. The topological polar surface area (TPSA) is 49.7 Å². The summed E-state index contributed by atoms with van der Waals surface area (Å²) < 4.78 is 0. The lowest BCUT2D eigenvalue weighted by atomic mass is 9.63. The van der Waals surface area contributed by atoms with Crippen molar-refractivity contribution in [2.75, 3.05) is 0 Å². The van der Waals surface area contributed by atoms with Crippen molar-refractivity contribution in [1.82, 2.24) is 5.01 Å². The molecule has 0 radical (unpaired) electrons. The molecule has 2 bridgehead atoms. The largest absolute Gasteiger partial charge is 0.272 e. The molecule has 1 saturated heterocycles. The number of carbonyl (C=O) groups excluding carboxylic acids is 2. The molecule has 0 N–H and O–H groups in total. The second-order valence-electron chi connectivity index (χ2n) is 6.24. The molecule has 4 unspecified atom stereocenters. The van der Waals surface area contributed by atoms with E-state index in [9.17, 15) is 9.59 Å². The first-order chi connectivity index (χ1) is 11.1. The van der Waals surface area contributed by atoms with Crippen molar-refractivity contribution in [3.8, 4) is 0 Å². The van der Waals surface area contributed by atoms with Crippen LogP contribution < -0.4 is 0 Å². The summed E-state index contributed by atoms with van der Waals surface area (Å²) in [4.78, 5) is 25.2. The Balaban J connectivity index is 1.62. The average molecular weight is 349 g/mol. The molecule has 4 nitrogen and oxygen atoms in total. The molecule has 4 atom stereocenters. The Bertz CT molecular complexity index is 727. The van der Waals surface area contributed by atoms with Crippen molar-refractivity contribution in [1.29, 1.82) is 0 Å². The maximum absolute atomic E-state index is 12.6. The number of hydrogen-bond acceptors (Lipinski definition) is 3. The second-order valence-corrected chi connectivity index (χ2v) is 7.08. The van der Waals surface area contributed by atoms with Gasteiger partial charge >= 0.3 is 0 Å². The Kier molecular flexibility index (Phi) is 3.54. The molecule has 1 heterocycles. The predicted molar refractivity (Wildman–Crippen MR) is 88.2 cm³/mol. The van der Waals surface area contributed by atoms with Gasteiger partial charge in [0.15, 0.2) is 0 Å². The molecule has 4 aliphatic rings. The first-order valence-electron chi connectivity index (χ1n) is 7.61. The van der Waals surface area contributed by atoms with Gasteiger partial charge in [-0.3, -0.25) is 9.59 Å². The summed E-state index contributed by atoms with van der Waals surface area (Å²) in [5.41, 5.74) is 0.618. The first-order valence-corrected chi connectivity index (χ1v) is 8.37. The van der Waals surface area contributed by atoms with Gasteiger partial charge in [0.25, 0.3) is 11.8 Å². The van der Waals surface area contributed by atoms with Crippen molar-refractivity contribution in [3.05, 3.63) is 46.0 Å². The highest BCUT2D eigenvalue weighted by Gasteiger charge is 2.56. The number of nitrogens with zero attached hydrogens (tertiary/aromatic N) is 2. The van der Waals surface area contributed by atoms with Gasteiger partial charge in [-0.1, -0.05) is 41.4 Å². The highest BCUT2D eigenvalue weighted by Crippen LogP contribution is 2.49. The standard InChI is InChI=1S/C17H14Cl2N2O2/c18-12-6-5-11(13(19)7-12)8-20-21-16(22)14-9-1-2-10(4-3-9)15(14)17(21)23/h1-2,5-10,14-15H,3-4H2. The SMILES string of the molecule is O=C1C2C3C=CC(CC3)C2C(=O)N1N=Cc1ccc(Cl)cc1Cl. The number of amides is 2. The number of hydrogen-bond donors (Lipinski definition) is 0. The molecule has 1 aliphatic heterocycles. The van der Waals surface area contributed by atoms with E-state index in [1.165, 1.54) is 6.21 Å². The van der Waals surface area contributed by atoms with Crippen LogP contribution in [0.5, 0.6) is 0 Å². The summed E-state index contributed by atoms with van der Waals surface area (Å²) in [6.07, 6.45) is 7.57. The second kappa shape index (κ2) is 5.46. The Labute approximate surface area is 143 Å². The van der Waals surface area contributed by atoms with Crippen LogP contribution in [0.4, 0.5) is 0 Å². The average Bonchev–Trinajstić information content (AvgIpc) is 2.82. The van der Waals surface area contributed by atoms with Gasteiger partial charge in [0.1, 0.15) is 0 Å². The zero-order chi connectivity index (χ0) is 16.1. The molecule has 0 aromatic heterocycles. The predicted octanol–water partition coefficient (Wildman–Crippen LogP) is 3.52. The minimum atomic E-state index is -0.246. The van der Waals surface area contributed by atoms with Gasteiger partial charge < -0.3 is 0 Å². The molecule has 3 aliphatic carbocycles. The van der Waals surface area contributed by atoms with Crippen molar-refractivity contribution in [2.24, 2.45) is 28.8 Å². The van der Waals surface area contributed by atoms with E-state index in [1.54, 1.807) is 18.2 Å². The highest BCUT2D eigenvalue weighted by atomic mass is 35.5. The molecule has 1 aromatic rings. The fourth-order valence-electron chi connectivity index (χ4n) is 3.90. The fraction of sp³-hybridized carbons (Fsp3) is 0.353. The van der Waals surface area contributed by atoms with E-state index in [0.29, 0.717) is 15.6 Å². The monoisotopic (exact) mass is 348 g/mol. The van der Waals surface area contributed by atoms with E-state index in [-0.39, 0.29) is 35.5 Å². The van der Waals surface area contributed by atoms with Crippen LogP contribution in [0.1, 0.15) is 18.4 Å². The van der Waals surface area contributed by atoms with E-state index in [1.807, 2.05) is 0 Å². The van der Waals surface area contributed by atoms with Crippen LogP contribution >= 0.6 is 23.2 Å². The molecule has 23 heavy (non-hydrogen) atoms. The lowest BCUT2D eigenvalue weighted by molar-refractivity contribution is -0.140. The maximum atomic E-state index is 12.6. The molecule has 2 amide bonds. The van der Waals surface area contributed by atoms with Gasteiger partial charge in [-0.2, -0.15) is 10.1 Å². The smallest absolute Gasteiger partial charge is 0.254 e. The van der Waals surface area contributed by atoms with Gasteiger partial charge in [0.05, 0.1) is 23.1 Å². The summed E-state index contributed by atoms with van der Waals surface area (Å²) in [5.74, 6) is -0.546. The van der Waals surface area contributed by atoms with Crippen LogP contribution in [-0.4, -0.2) is 23.0 Å². The normalized spacial score (nSPS) is 32.2. The molecule has 5 rings (SSSR count). The van der Waals surface area contributed by atoms with E-state index >= 15 is 0 Å². The van der Waals surface area contributed by atoms with Crippen LogP contribution in [-0.2, 0) is 9.59 Å². The quantitative estimate of drug-likeness (QED) is 0.466. The summed E-state index contributed by atoms with van der Waals surface area (Å²) in [6, 6.07) is 4.99. The molecule has 1 aromatic carbocycles. The Morgan fingerprint density at radius 2 is 1.65 bits per heavy atom. The Morgan fingerprint density at radius 3 is 2.17 bits per heavy atom. The van der Waals surface area contributed by atoms with Crippen molar-refractivity contribution < 1.29 is 9.59 Å². The van der Waals surface area contributed by atoms with E-state index < -0.39 is 0 Å². The third kappa shape index (κ3) is 2.32. The molecular formula is C17H14Cl2N2O2. The van der Waals surface area contributed by atoms with Gasteiger partial charge in [-0.15, -0.1) is 0 Å². The maximum Gasteiger partial charge on any atom is 0.254 e. The number of allylic oxidation sites excluding steroid dienone is 2. The van der Waals surface area contributed by atoms with Gasteiger partial charge in [-0.05, 0) is 36.8 Å². The van der Waals surface area contributed by atoms with Crippen LogP contribution in [0, 0.1) is 23.7 Å². The fourth-order valence-corrected chi connectivity index (χ4v) is 4.36. The molecule has 6 heteroatoms. The molecule has 0 spiro atoms.